The molecule has 0 aliphatic rings. The van der Waals surface area contributed by atoms with E-state index in [0.29, 0.717) is 40.2 Å². The molecule has 0 spiro atoms. The predicted molar refractivity (Wildman–Crippen MR) is 118 cm³/mol. The summed E-state index contributed by atoms with van der Waals surface area (Å²) in [6.07, 6.45) is 1.79. The van der Waals surface area contributed by atoms with Crippen LogP contribution in [-0.2, 0) is 11.2 Å². The van der Waals surface area contributed by atoms with E-state index in [1.54, 1.807) is 0 Å². The molecule has 5 heteroatoms. The average Bonchev–Trinajstić information content (AvgIpc) is 2.77. The molecule has 4 aromatic rings. The number of aliphatic carboxylic acids is 1. The first-order valence-electron chi connectivity index (χ1n) is 9.98. The first-order chi connectivity index (χ1) is 14.6. The van der Waals surface area contributed by atoms with E-state index >= 15 is 0 Å². The minimum absolute atomic E-state index is 0.358. The number of rotatable bonds is 7. The monoisotopic (exact) mass is 398 g/mol. The van der Waals surface area contributed by atoms with Crippen molar-refractivity contribution in [1.29, 1.82) is 0 Å². The Morgan fingerprint density at radius 1 is 0.833 bits per heavy atom. The number of para-hydroxylation sites is 2. The lowest BCUT2D eigenvalue weighted by Gasteiger charge is -2.16. The molecule has 30 heavy (non-hydrogen) atoms. The molecule has 0 saturated heterocycles. The number of hydrogen-bond acceptors (Lipinski definition) is 3. The minimum atomic E-state index is -1.03. The third kappa shape index (κ3) is 4.15. The summed E-state index contributed by atoms with van der Waals surface area (Å²) in [7, 11) is 0. The molecule has 3 aromatic carbocycles. The Kier molecular flexibility index (Phi) is 5.70. The third-order valence-corrected chi connectivity index (χ3v) is 5.22. The molecular weight excluding hydrogens is 376 g/mol. The number of pyridine rings is 1. The summed E-state index contributed by atoms with van der Waals surface area (Å²) in [6.45, 7) is 0. The Morgan fingerprint density at radius 3 is 2.00 bits per heavy atom. The van der Waals surface area contributed by atoms with Crippen LogP contribution in [0.4, 0.5) is 0 Å². The van der Waals surface area contributed by atoms with Crippen LogP contribution >= 0.6 is 0 Å². The average molecular weight is 398 g/mol. The number of aryl methyl sites for hydroxylation is 1. The summed E-state index contributed by atoms with van der Waals surface area (Å²) in [5.41, 5.74) is 3.03. The minimum Gasteiger partial charge on any atom is -0.480 e. The van der Waals surface area contributed by atoms with Crippen LogP contribution in [0.15, 0.2) is 78.9 Å². The SMILES string of the molecule is O=C(N[C@H](CCCc1ccccc1)C(=O)O)c1c2ccccc2nc2ccccc12. The zero-order valence-corrected chi connectivity index (χ0v) is 16.4. The number of fused-ring (bicyclic) bond motifs is 2. The van der Waals surface area contributed by atoms with Gasteiger partial charge < -0.3 is 10.4 Å². The Hall–Kier alpha value is -3.73. The van der Waals surface area contributed by atoms with Crippen LogP contribution in [0.1, 0.15) is 28.8 Å². The van der Waals surface area contributed by atoms with Crippen LogP contribution in [0.2, 0.25) is 0 Å². The van der Waals surface area contributed by atoms with E-state index in [9.17, 15) is 14.7 Å². The summed E-state index contributed by atoms with van der Waals surface area (Å²) in [5, 5.41) is 13.8. The second-order valence-corrected chi connectivity index (χ2v) is 7.26. The Morgan fingerprint density at radius 2 is 1.40 bits per heavy atom. The number of aromatic nitrogens is 1. The number of nitrogens with one attached hydrogen (secondary N) is 1. The zero-order chi connectivity index (χ0) is 20.9. The molecule has 0 unspecified atom stereocenters. The molecule has 0 saturated carbocycles. The van der Waals surface area contributed by atoms with Crippen molar-refractivity contribution in [2.24, 2.45) is 0 Å². The van der Waals surface area contributed by atoms with Crippen molar-refractivity contribution >= 4 is 33.7 Å². The molecular formula is C25H22N2O3. The van der Waals surface area contributed by atoms with Gasteiger partial charge >= 0.3 is 5.97 Å². The largest absolute Gasteiger partial charge is 0.480 e. The molecule has 150 valence electrons. The normalized spacial score (nSPS) is 12.0. The predicted octanol–water partition coefficient (Wildman–Crippen LogP) is 4.59. The van der Waals surface area contributed by atoms with E-state index in [-0.39, 0.29) is 0 Å². The Balaban J connectivity index is 1.59. The molecule has 0 aliphatic carbocycles. The van der Waals surface area contributed by atoms with Crippen molar-refractivity contribution in [2.75, 3.05) is 0 Å². The second kappa shape index (κ2) is 8.74. The van der Waals surface area contributed by atoms with Gasteiger partial charge in [0.2, 0.25) is 0 Å². The quantitative estimate of drug-likeness (QED) is 0.446. The lowest BCUT2D eigenvalue weighted by molar-refractivity contribution is -0.139. The molecule has 0 radical (unpaired) electrons. The van der Waals surface area contributed by atoms with E-state index in [1.807, 2.05) is 78.9 Å². The molecule has 1 heterocycles. The van der Waals surface area contributed by atoms with Crippen LogP contribution < -0.4 is 5.32 Å². The molecule has 1 amide bonds. The number of benzene rings is 3. The van der Waals surface area contributed by atoms with E-state index in [2.05, 4.69) is 10.3 Å². The number of amides is 1. The highest BCUT2D eigenvalue weighted by Crippen LogP contribution is 2.26. The molecule has 0 aliphatic heterocycles. The lowest BCUT2D eigenvalue weighted by atomic mass is 10.0. The topological polar surface area (TPSA) is 79.3 Å². The summed E-state index contributed by atoms with van der Waals surface area (Å²) in [6, 6.07) is 23.8. The van der Waals surface area contributed by atoms with Gasteiger partial charge in [-0.1, -0.05) is 66.7 Å². The Bertz CT molecular complexity index is 1150. The van der Waals surface area contributed by atoms with Crippen molar-refractivity contribution in [3.05, 3.63) is 90.0 Å². The summed E-state index contributed by atoms with van der Waals surface area (Å²) in [4.78, 5) is 29.6. The van der Waals surface area contributed by atoms with Gasteiger partial charge in [-0.05, 0) is 37.0 Å². The summed E-state index contributed by atoms with van der Waals surface area (Å²) in [5.74, 6) is -1.42. The van der Waals surface area contributed by atoms with Crippen LogP contribution in [0.3, 0.4) is 0 Å². The van der Waals surface area contributed by atoms with Crippen LogP contribution in [0, 0.1) is 0 Å². The molecule has 2 N–H and O–H groups in total. The van der Waals surface area contributed by atoms with Crippen LogP contribution in [-0.4, -0.2) is 28.0 Å². The summed E-state index contributed by atoms with van der Waals surface area (Å²) < 4.78 is 0. The van der Waals surface area contributed by atoms with Gasteiger partial charge in [0.05, 0.1) is 16.6 Å². The first-order valence-corrected chi connectivity index (χ1v) is 9.98. The van der Waals surface area contributed by atoms with Crippen LogP contribution in [0.25, 0.3) is 21.8 Å². The smallest absolute Gasteiger partial charge is 0.326 e. The number of carboxylic acids is 1. The fourth-order valence-corrected chi connectivity index (χ4v) is 3.73. The van der Waals surface area contributed by atoms with Gasteiger partial charge in [0.15, 0.2) is 0 Å². The van der Waals surface area contributed by atoms with Crippen molar-refractivity contribution in [3.63, 3.8) is 0 Å². The van der Waals surface area contributed by atoms with Crippen molar-refractivity contribution < 1.29 is 14.7 Å². The second-order valence-electron chi connectivity index (χ2n) is 7.26. The first kappa shape index (κ1) is 19.6. The standard InChI is InChI=1S/C25H22N2O3/c28-24(27-22(25(29)30)16-8-11-17-9-2-1-3-10-17)23-18-12-4-6-14-20(18)26-21-15-7-5-13-19(21)23/h1-7,9-10,12-15,22H,8,11,16H2,(H,27,28)(H,29,30)/t22-/m1/s1. The van der Waals surface area contributed by atoms with Crippen molar-refractivity contribution in [2.45, 2.75) is 25.3 Å². The third-order valence-electron chi connectivity index (χ3n) is 5.22. The van der Waals surface area contributed by atoms with Gasteiger partial charge in [-0.2, -0.15) is 0 Å². The highest BCUT2D eigenvalue weighted by Gasteiger charge is 2.23. The summed E-state index contributed by atoms with van der Waals surface area (Å²) >= 11 is 0. The van der Waals surface area contributed by atoms with Gasteiger partial charge in [-0.25, -0.2) is 9.78 Å². The maximum absolute atomic E-state index is 13.2. The highest BCUT2D eigenvalue weighted by atomic mass is 16.4. The van der Waals surface area contributed by atoms with Crippen LogP contribution in [0.5, 0.6) is 0 Å². The number of carbonyl (C=O) groups is 2. The zero-order valence-electron chi connectivity index (χ0n) is 16.4. The molecule has 0 fully saturated rings. The number of nitrogens with zero attached hydrogens (tertiary/aromatic N) is 1. The van der Waals surface area contributed by atoms with Gasteiger partial charge in [-0.3, -0.25) is 4.79 Å². The van der Waals surface area contributed by atoms with Gasteiger partial charge in [-0.15, -0.1) is 0 Å². The van der Waals surface area contributed by atoms with Gasteiger partial charge in [0.25, 0.3) is 5.91 Å². The lowest BCUT2D eigenvalue weighted by Crippen LogP contribution is -2.41. The maximum atomic E-state index is 13.2. The number of hydrogen-bond donors (Lipinski definition) is 2. The van der Waals surface area contributed by atoms with E-state index in [0.717, 1.165) is 12.0 Å². The fourth-order valence-electron chi connectivity index (χ4n) is 3.73. The molecule has 4 rings (SSSR count). The van der Waals surface area contributed by atoms with E-state index in [4.69, 9.17) is 0 Å². The molecule has 1 aromatic heterocycles. The Labute approximate surface area is 174 Å². The maximum Gasteiger partial charge on any atom is 0.326 e. The van der Waals surface area contributed by atoms with E-state index < -0.39 is 17.9 Å². The fraction of sp³-hybridized carbons (Fsp3) is 0.160. The molecule has 0 bridgehead atoms. The van der Waals surface area contributed by atoms with Gasteiger partial charge in [0.1, 0.15) is 6.04 Å². The number of carbonyl (C=O) groups excluding carboxylic acids is 1. The van der Waals surface area contributed by atoms with Crippen molar-refractivity contribution in [3.8, 4) is 0 Å². The highest BCUT2D eigenvalue weighted by molar-refractivity contribution is 6.16. The molecule has 1 atom stereocenters. The number of carboxylic acid groups (broad SMARTS) is 1. The molecule has 5 nitrogen and oxygen atoms in total. The van der Waals surface area contributed by atoms with E-state index in [1.165, 1.54) is 0 Å². The van der Waals surface area contributed by atoms with Crippen molar-refractivity contribution in [1.82, 2.24) is 10.3 Å². The van der Waals surface area contributed by atoms with Gasteiger partial charge in [0, 0.05) is 10.8 Å².